The zero-order valence-corrected chi connectivity index (χ0v) is 7.32. The highest BCUT2D eigenvalue weighted by Gasteiger charge is 1.98. The molecule has 13 heavy (non-hydrogen) atoms. The maximum atomic E-state index is 10.4. The van der Waals surface area contributed by atoms with Crippen LogP contribution in [-0.4, -0.2) is 16.3 Å². The van der Waals surface area contributed by atoms with Gasteiger partial charge in [-0.25, -0.2) is 4.98 Å². The summed E-state index contributed by atoms with van der Waals surface area (Å²) in [5.74, 6) is 0. The number of hydrogen-bond acceptors (Lipinski definition) is 3. The predicted molar refractivity (Wildman–Crippen MR) is 49.9 cm³/mol. The Morgan fingerprint density at radius 1 is 1.31 bits per heavy atom. The van der Waals surface area contributed by atoms with Gasteiger partial charge in [-0.15, -0.1) is 0 Å². The standard InChI is InChI=1S/C9H5ClN2O/c10-6-1-2-8-9(3-6)12-7(5-13)4-11-8/h1-5H. The molecule has 0 spiro atoms. The van der Waals surface area contributed by atoms with Crippen LogP contribution in [0.4, 0.5) is 0 Å². The molecule has 1 aromatic heterocycles. The summed E-state index contributed by atoms with van der Waals surface area (Å²) in [5.41, 5.74) is 1.68. The molecular formula is C9H5ClN2O. The fraction of sp³-hybridized carbons (Fsp3) is 0. The molecule has 0 saturated carbocycles. The van der Waals surface area contributed by atoms with Crippen molar-refractivity contribution in [2.75, 3.05) is 0 Å². The van der Waals surface area contributed by atoms with Crippen LogP contribution in [0.1, 0.15) is 10.5 Å². The Hall–Kier alpha value is -1.48. The Morgan fingerprint density at radius 3 is 2.92 bits per heavy atom. The molecule has 0 radical (unpaired) electrons. The number of rotatable bonds is 1. The van der Waals surface area contributed by atoms with E-state index in [1.165, 1.54) is 6.20 Å². The first-order valence-corrected chi connectivity index (χ1v) is 4.05. The molecule has 0 atom stereocenters. The van der Waals surface area contributed by atoms with Gasteiger partial charge in [-0.05, 0) is 18.2 Å². The quantitative estimate of drug-likeness (QED) is 0.650. The maximum Gasteiger partial charge on any atom is 0.170 e. The normalized spacial score (nSPS) is 10.2. The van der Waals surface area contributed by atoms with Gasteiger partial charge >= 0.3 is 0 Å². The van der Waals surface area contributed by atoms with Crippen LogP contribution in [0.3, 0.4) is 0 Å². The predicted octanol–water partition coefficient (Wildman–Crippen LogP) is 2.10. The average molecular weight is 193 g/mol. The second-order valence-electron chi connectivity index (χ2n) is 2.55. The largest absolute Gasteiger partial charge is 0.296 e. The van der Waals surface area contributed by atoms with Crippen LogP contribution >= 0.6 is 11.6 Å². The zero-order valence-electron chi connectivity index (χ0n) is 6.57. The van der Waals surface area contributed by atoms with Gasteiger partial charge in [-0.3, -0.25) is 9.78 Å². The summed E-state index contributed by atoms with van der Waals surface area (Å²) in [6.45, 7) is 0. The molecule has 0 amide bonds. The highest BCUT2D eigenvalue weighted by atomic mass is 35.5. The third-order valence-corrected chi connectivity index (χ3v) is 1.88. The number of hydrogen-bond donors (Lipinski definition) is 0. The minimum atomic E-state index is 0.315. The third-order valence-electron chi connectivity index (χ3n) is 1.64. The van der Waals surface area contributed by atoms with E-state index >= 15 is 0 Å². The number of nitrogens with zero attached hydrogens (tertiary/aromatic N) is 2. The smallest absolute Gasteiger partial charge is 0.170 e. The molecule has 2 aromatic rings. The van der Waals surface area contributed by atoms with Crippen molar-refractivity contribution in [2.45, 2.75) is 0 Å². The number of aldehydes is 1. The molecule has 3 nitrogen and oxygen atoms in total. The monoisotopic (exact) mass is 192 g/mol. The second kappa shape index (κ2) is 3.11. The molecule has 0 fully saturated rings. The number of benzene rings is 1. The minimum Gasteiger partial charge on any atom is -0.296 e. The molecule has 1 aromatic carbocycles. The van der Waals surface area contributed by atoms with E-state index in [9.17, 15) is 4.79 Å². The van der Waals surface area contributed by atoms with Crippen LogP contribution < -0.4 is 0 Å². The minimum absolute atomic E-state index is 0.315. The van der Waals surface area contributed by atoms with Gasteiger partial charge in [-0.1, -0.05) is 11.6 Å². The molecule has 0 N–H and O–H groups in total. The fourth-order valence-corrected chi connectivity index (χ4v) is 1.22. The van der Waals surface area contributed by atoms with Gasteiger partial charge in [0.15, 0.2) is 6.29 Å². The van der Waals surface area contributed by atoms with Crippen LogP contribution in [0, 0.1) is 0 Å². The summed E-state index contributed by atoms with van der Waals surface area (Å²) in [7, 11) is 0. The molecule has 0 bridgehead atoms. The fourth-order valence-electron chi connectivity index (χ4n) is 1.06. The second-order valence-corrected chi connectivity index (χ2v) is 2.98. The molecule has 1 heterocycles. The topological polar surface area (TPSA) is 42.9 Å². The molecule has 4 heteroatoms. The highest BCUT2D eigenvalue weighted by molar-refractivity contribution is 6.31. The summed E-state index contributed by atoms with van der Waals surface area (Å²) in [6, 6.07) is 5.18. The zero-order chi connectivity index (χ0) is 9.26. The number of carbonyl (C=O) groups excluding carboxylic acids is 1. The Morgan fingerprint density at radius 2 is 2.15 bits per heavy atom. The van der Waals surface area contributed by atoms with Gasteiger partial charge in [0.25, 0.3) is 0 Å². The summed E-state index contributed by atoms with van der Waals surface area (Å²) in [4.78, 5) is 18.5. The van der Waals surface area contributed by atoms with Crippen molar-refractivity contribution in [1.82, 2.24) is 9.97 Å². The molecule has 64 valence electrons. The molecule has 0 aliphatic heterocycles. The molecule has 0 saturated heterocycles. The van der Waals surface area contributed by atoms with E-state index in [2.05, 4.69) is 9.97 Å². The first kappa shape index (κ1) is 8.13. The van der Waals surface area contributed by atoms with E-state index in [1.807, 2.05) is 0 Å². The van der Waals surface area contributed by atoms with Crippen molar-refractivity contribution in [2.24, 2.45) is 0 Å². The summed E-state index contributed by atoms with van der Waals surface area (Å²) >= 11 is 5.76. The summed E-state index contributed by atoms with van der Waals surface area (Å²) in [5, 5.41) is 0.588. The van der Waals surface area contributed by atoms with Gasteiger partial charge in [0.1, 0.15) is 5.69 Å². The lowest BCUT2D eigenvalue weighted by Crippen LogP contribution is -1.90. The van der Waals surface area contributed by atoms with E-state index < -0.39 is 0 Å². The number of halogens is 1. The Labute approximate surface area is 79.4 Å². The molecule has 0 unspecified atom stereocenters. The number of aromatic nitrogens is 2. The van der Waals surface area contributed by atoms with Gasteiger partial charge in [-0.2, -0.15) is 0 Å². The third kappa shape index (κ3) is 1.51. The SMILES string of the molecule is O=Cc1cnc2ccc(Cl)cc2n1. The van der Waals surface area contributed by atoms with Gasteiger partial charge in [0.05, 0.1) is 17.2 Å². The van der Waals surface area contributed by atoms with Crippen molar-refractivity contribution in [1.29, 1.82) is 0 Å². The molecular weight excluding hydrogens is 188 g/mol. The lowest BCUT2D eigenvalue weighted by molar-refractivity contribution is 0.111. The maximum absolute atomic E-state index is 10.4. The van der Waals surface area contributed by atoms with E-state index in [-0.39, 0.29) is 0 Å². The van der Waals surface area contributed by atoms with Crippen molar-refractivity contribution in [3.05, 3.63) is 35.1 Å². The van der Waals surface area contributed by atoms with E-state index in [4.69, 9.17) is 11.6 Å². The van der Waals surface area contributed by atoms with Crippen LogP contribution in [0.5, 0.6) is 0 Å². The summed E-state index contributed by atoms with van der Waals surface area (Å²) < 4.78 is 0. The van der Waals surface area contributed by atoms with Gasteiger partial charge < -0.3 is 0 Å². The van der Waals surface area contributed by atoms with Gasteiger partial charge in [0, 0.05) is 5.02 Å². The molecule has 0 aliphatic rings. The van der Waals surface area contributed by atoms with Gasteiger partial charge in [0.2, 0.25) is 0 Å². The van der Waals surface area contributed by atoms with Crippen molar-refractivity contribution in [3.63, 3.8) is 0 Å². The number of fused-ring (bicyclic) bond motifs is 1. The Kier molecular flexibility index (Phi) is 1.94. The first-order chi connectivity index (χ1) is 6.29. The first-order valence-electron chi connectivity index (χ1n) is 3.67. The Bertz CT molecular complexity index is 470. The highest BCUT2D eigenvalue weighted by Crippen LogP contribution is 2.15. The Balaban J connectivity index is 2.74. The van der Waals surface area contributed by atoms with Crippen molar-refractivity contribution in [3.8, 4) is 0 Å². The lowest BCUT2D eigenvalue weighted by Gasteiger charge is -1.96. The van der Waals surface area contributed by atoms with Crippen LogP contribution in [0.15, 0.2) is 24.4 Å². The van der Waals surface area contributed by atoms with E-state index in [0.29, 0.717) is 22.5 Å². The van der Waals surface area contributed by atoms with E-state index in [0.717, 1.165) is 5.52 Å². The average Bonchev–Trinajstić information content (AvgIpc) is 2.16. The number of carbonyl (C=O) groups is 1. The van der Waals surface area contributed by atoms with Crippen molar-refractivity contribution < 1.29 is 4.79 Å². The van der Waals surface area contributed by atoms with Crippen LogP contribution in [0.25, 0.3) is 11.0 Å². The van der Waals surface area contributed by atoms with Crippen LogP contribution in [0.2, 0.25) is 5.02 Å². The van der Waals surface area contributed by atoms with Crippen molar-refractivity contribution >= 4 is 28.9 Å². The van der Waals surface area contributed by atoms with Crippen LogP contribution in [-0.2, 0) is 0 Å². The summed E-state index contributed by atoms with van der Waals surface area (Å²) in [6.07, 6.45) is 2.09. The lowest BCUT2D eigenvalue weighted by atomic mass is 10.3. The molecule has 2 rings (SSSR count). The van der Waals surface area contributed by atoms with E-state index in [1.54, 1.807) is 18.2 Å². The molecule has 0 aliphatic carbocycles.